The molecule has 0 bridgehead atoms. The second-order valence-electron chi connectivity index (χ2n) is 6.75. The summed E-state index contributed by atoms with van der Waals surface area (Å²) < 4.78 is 5.90. The second kappa shape index (κ2) is 8.86. The molecule has 1 aliphatic rings. The zero-order valence-electron chi connectivity index (χ0n) is 14.0. The normalized spacial score (nSPS) is 19.4. The number of hydrogen-bond acceptors (Lipinski definition) is 2. The third kappa shape index (κ3) is 4.61. The Kier molecular flexibility index (Phi) is 7.86. The molecule has 0 aromatic heterocycles. The standard InChI is InChI=1S/C17H34O2Si/c1-4-9-14(10-5-2)17(20,13-6-3)16(18)19-15-11-7-8-12-15/h14-15H,4-13H2,1-3,20H3. The summed E-state index contributed by atoms with van der Waals surface area (Å²) in [7, 11) is 0.930. The van der Waals surface area contributed by atoms with E-state index in [1.165, 1.54) is 38.5 Å². The molecule has 0 heterocycles. The lowest BCUT2D eigenvalue weighted by Gasteiger charge is -2.36. The van der Waals surface area contributed by atoms with E-state index in [-0.39, 0.29) is 17.1 Å². The van der Waals surface area contributed by atoms with Crippen LogP contribution in [0.3, 0.4) is 0 Å². The van der Waals surface area contributed by atoms with E-state index in [9.17, 15) is 4.79 Å². The lowest BCUT2D eigenvalue weighted by molar-refractivity contribution is -0.155. The first-order chi connectivity index (χ1) is 9.58. The maximum Gasteiger partial charge on any atom is 0.308 e. The summed E-state index contributed by atoms with van der Waals surface area (Å²) >= 11 is 0. The van der Waals surface area contributed by atoms with Crippen molar-refractivity contribution in [3.05, 3.63) is 0 Å². The van der Waals surface area contributed by atoms with E-state index in [0.717, 1.165) is 35.9 Å². The second-order valence-corrected chi connectivity index (χ2v) is 8.54. The number of hydrogen-bond donors (Lipinski definition) is 0. The van der Waals surface area contributed by atoms with E-state index in [0.29, 0.717) is 5.92 Å². The van der Waals surface area contributed by atoms with Crippen molar-refractivity contribution in [2.45, 2.75) is 96.1 Å². The lowest BCUT2D eigenvalue weighted by atomic mass is 9.81. The van der Waals surface area contributed by atoms with E-state index in [1.807, 2.05) is 0 Å². The Labute approximate surface area is 128 Å². The highest BCUT2D eigenvalue weighted by Crippen LogP contribution is 2.44. The van der Waals surface area contributed by atoms with E-state index < -0.39 is 0 Å². The Bertz CT molecular complexity index is 281. The molecule has 0 saturated heterocycles. The minimum Gasteiger partial charge on any atom is -0.462 e. The SMILES string of the molecule is CCCC(CCC)C([SiH3])(CCC)C(=O)OC1CCCC1. The van der Waals surface area contributed by atoms with Crippen LogP contribution in [0.25, 0.3) is 0 Å². The van der Waals surface area contributed by atoms with Crippen LogP contribution in [0.15, 0.2) is 0 Å². The predicted octanol–water partition coefficient (Wildman–Crippen LogP) is 4.01. The molecule has 1 aliphatic carbocycles. The van der Waals surface area contributed by atoms with E-state index in [1.54, 1.807) is 0 Å². The smallest absolute Gasteiger partial charge is 0.308 e. The quantitative estimate of drug-likeness (QED) is 0.475. The molecule has 0 spiro atoms. The molecule has 0 aliphatic heterocycles. The number of carbonyl (C=O) groups is 1. The van der Waals surface area contributed by atoms with Gasteiger partial charge in [0.2, 0.25) is 0 Å². The van der Waals surface area contributed by atoms with Crippen molar-refractivity contribution < 1.29 is 9.53 Å². The molecule has 3 heteroatoms. The number of esters is 1. The molecule has 0 aromatic carbocycles. The van der Waals surface area contributed by atoms with Crippen LogP contribution >= 0.6 is 0 Å². The summed E-state index contributed by atoms with van der Waals surface area (Å²) in [5.74, 6) is 0.683. The van der Waals surface area contributed by atoms with Gasteiger partial charge in [-0.1, -0.05) is 40.0 Å². The van der Waals surface area contributed by atoms with Crippen LogP contribution in [0.1, 0.15) is 85.0 Å². The van der Waals surface area contributed by atoms with Gasteiger partial charge in [-0.3, -0.25) is 4.79 Å². The molecule has 118 valence electrons. The first kappa shape index (κ1) is 17.7. The zero-order valence-corrected chi connectivity index (χ0v) is 16.0. The molecule has 1 fully saturated rings. The average Bonchev–Trinajstić information content (AvgIpc) is 2.91. The fraction of sp³-hybridized carbons (Fsp3) is 0.941. The fourth-order valence-electron chi connectivity index (χ4n) is 3.76. The van der Waals surface area contributed by atoms with Crippen molar-refractivity contribution in [1.29, 1.82) is 0 Å². The molecule has 1 rings (SSSR count). The Morgan fingerprint density at radius 2 is 1.70 bits per heavy atom. The molecule has 0 aromatic rings. The van der Waals surface area contributed by atoms with Crippen molar-refractivity contribution in [1.82, 2.24) is 0 Å². The summed E-state index contributed by atoms with van der Waals surface area (Å²) in [6, 6.07) is 0. The topological polar surface area (TPSA) is 26.3 Å². The minimum atomic E-state index is -0.136. The average molecular weight is 299 g/mol. The monoisotopic (exact) mass is 298 g/mol. The van der Waals surface area contributed by atoms with E-state index in [4.69, 9.17) is 4.74 Å². The van der Waals surface area contributed by atoms with Gasteiger partial charge in [0.15, 0.2) is 0 Å². The largest absolute Gasteiger partial charge is 0.462 e. The van der Waals surface area contributed by atoms with E-state index >= 15 is 0 Å². The first-order valence-electron chi connectivity index (χ1n) is 8.79. The highest BCUT2D eigenvalue weighted by atomic mass is 28.1. The molecular weight excluding hydrogens is 264 g/mol. The summed E-state index contributed by atoms with van der Waals surface area (Å²) in [5.41, 5.74) is 0. The van der Waals surface area contributed by atoms with Crippen molar-refractivity contribution in [3.63, 3.8) is 0 Å². The Balaban J connectivity index is 2.77. The zero-order chi connectivity index (χ0) is 15.0. The van der Waals surface area contributed by atoms with Gasteiger partial charge >= 0.3 is 5.97 Å². The van der Waals surface area contributed by atoms with Crippen LogP contribution in [0.5, 0.6) is 0 Å². The molecule has 20 heavy (non-hydrogen) atoms. The highest BCUT2D eigenvalue weighted by Gasteiger charge is 2.41. The van der Waals surface area contributed by atoms with Crippen molar-refractivity contribution >= 4 is 16.2 Å². The number of carbonyl (C=O) groups excluding carboxylic acids is 1. The van der Waals surface area contributed by atoms with E-state index in [2.05, 4.69) is 20.8 Å². The van der Waals surface area contributed by atoms with Crippen LogP contribution < -0.4 is 0 Å². The van der Waals surface area contributed by atoms with Crippen molar-refractivity contribution in [2.75, 3.05) is 0 Å². The maximum atomic E-state index is 12.8. The first-order valence-corrected chi connectivity index (χ1v) is 9.79. The highest BCUT2D eigenvalue weighted by molar-refractivity contribution is 6.27. The minimum absolute atomic E-state index is 0.136. The lowest BCUT2D eigenvalue weighted by Crippen LogP contribution is -2.36. The summed E-state index contributed by atoms with van der Waals surface area (Å²) in [4.78, 5) is 12.8. The Morgan fingerprint density at radius 3 is 2.15 bits per heavy atom. The van der Waals surface area contributed by atoms with Crippen molar-refractivity contribution in [2.24, 2.45) is 5.92 Å². The molecule has 2 nitrogen and oxygen atoms in total. The molecule has 0 radical (unpaired) electrons. The van der Waals surface area contributed by atoms with Gasteiger partial charge < -0.3 is 4.74 Å². The summed E-state index contributed by atoms with van der Waals surface area (Å²) in [6.45, 7) is 6.67. The Morgan fingerprint density at radius 1 is 1.15 bits per heavy atom. The van der Waals surface area contributed by atoms with Gasteiger partial charge in [-0.05, 0) is 50.9 Å². The molecular formula is C17H34O2Si. The van der Waals surface area contributed by atoms with Gasteiger partial charge in [0, 0.05) is 10.2 Å². The third-order valence-corrected chi connectivity index (χ3v) is 6.71. The number of rotatable bonds is 9. The van der Waals surface area contributed by atoms with Crippen LogP contribution in [0, 0.1) is 5.92 Å². The molecule has 0 amide bonds. The predicted molar refractivity (Wildman–Crippen MR) is 89.2 cm³/mol. The van der Waals surface area contributed by atoms with Gasteiger partial charge in [-0.15, -0.1) is 0 Å². The molecule has 1 atom stereocenters. The molecule has 1 unspecified atom stereocenters. The van der Waals surface area contributed by atoms with Gasteiger partial charge in [-0.25, -0.2) is 0 Å². The van der Waals surface area contributed by atoms with Gasteiger partial charge in [-0.2, -0.15) is 0 Å². The van der Waals surface area contributed by atoms with Crippen LogP contribution in [-0.4, -0.2) is 22.3 Å². The summed E-state index contributed by atoms with van der Waals surface area (Å²) in [6.07, 6.45) is 11.7. The maximum absolute atomic E-state index is 12.8. The van der Waals surface area contributed by atoms with Crippen LogP contribution in [0.2, 0.25) is 5.04 Å². The van der Waals surface area contributed by atoms with Gasteiger partial charge in [0.1, 0.15) is 6.10 Å². The summed E-state index contributed by atoms with van der Waals surface area (Å²) in [5, 5.41) is -0.136. The number of ether oxygens (including phenoxy) is 1. The molecule has 0 N–H and O–H groups in total. The Hall–Kier alpha value is -0.313. The molecule has 1 saturated carbocycles. The third-order valence-electron chi connectivity index (χ3n) is 4.99. The fourth-order valence-corrected chi connectivity index (χ4v) is 4.96. The van der Waals surface area contributed by atoms with Crippen LogP contribution in [0.4, 0.5) is 0 Å². The van der Waals surface area contributed by atoms with Crippen LogP contribution in [-0.2, 0) is 9.53 Å². The van der Waals surface area contributed by atoms with Gasteiger partial charge in [0.25, 0.3) is 0 Å². The van der Waals surface area contributed by atoms with Crippen molar-refractivity contribution in [3.8, 4) is 0 Å². The van der Waals surface area contributed by atoms with Gasteiger partial charge in [0.05, 0.1) is 5.04 Å².